The number of hydrogen-bond donors (Lipinski definition) is 1. The number of halogens is 1. The molecule has 1 aliphatic carbocycles. The van der Waals surface area contributed by atoms with Crippen LogP contribution in [0.25, 0.3) is 10.2 Å². The molecule has 0 unspecified atom stereocenters. The van der Waals surface area contributed by atoms with E-state index in [9.17, 15) is 9.50 Å². The molecule has 7 heteroatoms. The minimum atomic E-state index is -0.638. The van der Waals surface area contributed by atoms with Crippen LogP contribution in [0.15, 0.2) is 35.6 Å². The van der Waals surface area contributed by atoms with Crippen LogP contribution in [0, 0.1) is 5.82 Å². The van der Waals surface area contributed by atoms with Crippen molar-refractivity contribution in [2.24, 2.45) is 0 Å². The van der Waals surface area contributed by atoms with Crippen LogP contribution in [0.4, 0.5) is 4.39 Å². The lowest BCUT2D eigenvalue weighted by Crippen LogP contribution is -2.18. The van der Waals surface area contributed by atoms with E-state index in [1.165, 1.54) is 46.5 Å². The van der Waals surface area contributed by atoms with Crippen LogP contribution in [-0.4, -0.2) is 33.5 Å². The van der Waals surface area contributed by atoms with Gasteiger partial charge in [0.15, 0.2) is 0 Å². The summed E-state index contributed by atoms with van der Waals surface area (Å²) in [5, 5.41) is 12.3. The maximum Gasteiger partial charge on any atom is 0.128 e. The third kappa shape index (κ3) is 4.32. The number of ether oxygens (including phenoxy) is 1. The Hall–Kier alpha value is -1.54. The molecule has 4 rings (SSSR count). The first-order valence-electron chi connectivity index (χ1n) is 9.09. The van der Waals surface area contributed by atoms with E-state index in [1.807, 2.05) is 0 Å². The number of rotatable bonds is 7. The quantitative estimate of drug-likeness (QED) is 0.468. The molecule has 1 atom stereocenters. The van der Waals surface area contributed by atoms with Crippen molar-refractivity contribution in [3.63, 3.8) is 0 Å². The van der Waals surface area contributed by atoms with Gasteiger partial charge in [0.2, 0.25) is 0 Å². The van der Waals surface area contributed by atoms with Crippen molar-refractivity contribution in [1.29, 1.82) is 0 Å². The number of aromatic nitrogens is 2. The Morgan fingerprint density at radius 2 is 2.07 bits per heavy atom. The molecular weight excluding hydrogens is 383 g/mol. The minimum Gasteiger partial charge on any atom is -0.390 e. The Morgan fingerprint density at radius 3 is 2.96 bits per heavy atom. The molecule has 27 heavy (non-hydrogen) atoms. The molecule has 0 fully saturated rings. The van der Waals surface area contributed by atoms with Gasteiger partial charge in [0, 0.05) is 21.6 Å². The number of thioether (sulfide) groups is 1. The van der Waals surface area contributed by atoms with E-state index < -0.39 is 6.10 Å². The number of aryl methyl sites for hydroxylation is 2. The molecule has 1 N–H and O–H groups in total. The number of hydrogen-bond acceptors (Lipinski definition) is 6. The SMILES string of the molecule is O[C@@H](COCc1ccccc1F)CSc1ncnc2sc3c(c12)CCCC3. The van der Waals surface area contributed by atoms with Crippen molar-refractivity contribution in [1.82, 2.24) is 9.97 Å². The number of benzene rings is 1. The average molecular weight is 405 g/mol. The van der Waals surface area contributed by atoms with Crippen LogP contribution in [0.5, 0.6) is 0 Å². The number of nitrogens with zero attached hydrogens (tertiary/aromatic N) is 2. The molecule has 0 bridgehead atoms. The van der Waals surface area contributed by atoms with E-state index in [0.29, 0.717) is 11.3 Å². The molecule has 142 valence electrons. The lowest BCUT2D eigenvalue weighted by atomic mass is 9.97. The van der Waals surface area contributed by atoms with E-state index >= 15 is 0 Å². The summed E-state index contributed by atoms with van der Waals surface area (Å²) in [4.78, 5) is 11.4. The summed E-state index contributed by atoms with van der Waals surface area (Å²) in [5.41, 5.74) is 1.90. The van der Waals surface area contributed by atoms with Gasteiger partial charge in [-0.3, -0.25) is 0 Å². The van der Waals surface area contributed by atoms with E-state index in [0.717, 1.165) is 22.7 Å². The number of aliphatic hydroxyl groups excluding tert-OH is 1. The van der Waals surface area contributed by atoms with Gasteiger partial charge in [-0.05, 0) is 37.3 Å². The first-order valence-corrected chi connectivity index (χ1v) is 10.9. The lowest BCUT2D eigenvalue weighted by Gasteiger charge is -2.13. The fourth-order valence-electron chi connectivity index (χ4n) is 3.31. The van der Waals surface area contributed by atoms with Crippen LogP contribution in [0.2, 0.25) is 0 Å². The van der Waals surface area contributed by atoms with Crippen molar-refractivity contribution in [3.8, 4) is 0 Å². The van der Waals surface area contributed by atoms with Crippen molar-refractivity contribution < 1.29 is 14.2 Å². The van der Waals surface area contributed by atoms with Crippen LogP contribution >= 0.6 is 23.1 Å². The van der Waals surface area contributed by atoms with Crippen LogP contribution in [0.3, 0.4) is 0 Å². The summed E-state index contributed by atoms with van der Waals surface area (Å²) in [5.74, 6) is 0.195. The Labute approximate surface area is 165 Å². The molecule has 0 aliphatic heterocycles. The van der Waals surface area contributed by atoms with Gasteiger partial charge in [0.05, 0.1) is 19.3 Å². The molecule has 0 spiro atoms. The molecule has 0 saturated carbocycles. The van der Waals surface area contributed by atoms with Crippen molar-refractivity contribution in [2.75, 3.05) is 12.4 Å². The second kappa shape index (κ2) is 8.65. The highest BCUT2D eigenvalue weighted by atomic mass is 32.2. The first kappa shape index (κ1) is 18.8. The van der Waals surface area contributed by atoms with Crippen molar-refractivity contribution in [2.45, 2.75) is 43.4 Å². The molecule has 2 heterocycles. The van der Waals surface area contributed by atoms with Gasteiger partial charge >= 0.3 is 0 Å². The van der Waals surface area contributed by atoms with E-state index in [4.69, 9.17) is 4.74 Å². The Morgan fingerprint density at radius 1 is 1.22 bits per heavy atom. The topological polar surface area (TPSA) is 55.2 Å². The van der Waals surface area contributed by atoms with Gasteiger partial charge in [-0.15, -0.1) is 23.1 Å². The molecule has 0 amide bonds. The third-order valence-electron chi connectivity index (χ3n) is 4.65. The van der Waals surface area contributed by atoms with Crippen LogP contribution < -0.4 is 0 Å². The van der Waals surface area contributed by atoms with Crippen molar-refractivity contribution >= 4 is 33.3 Å². The summed E-state index contributed by atoms with van der Waals surface area (Å²) in [7, 11) is 0. The fourth-order valence-corrected chi connectivity index (χ4v) is 5.54. The molecule has 1 aromatic carbocycles. The second-order valence-electron chi connectivity index (χ2n) is 6.64. The number of fused-ring (bicyclic) bond motifs is 3. The maximum absolute atomic E-state index is 13.6. The normalized spacial score (nSPS) is 15.0. The summed E-state index contributed by atoms with van der Waals surface area (Å²) < 4.78 is 19.1. The van der Waals surface area contributed by atoms with Crippen LogP contribution in [0.1, 0.15) is 28.8 Å². The van der Waals surface area contributed by atoms with E-state index in [2.05, 4.69) is 9.97 Å². The van der Waals surface area contributed by atoms with Gasteiger partial charge in [-0.2, -0.15) is 0 Å². The summed E-state index contributed by atoms with van der Waals surface area (Å²) in [6.07, 6.45) is 5.64. The lowest BCUT2D eigenvalue weighted by molar-refractivity contribution is 0.0387. The zero-order valence-corrected chi connectivity index (χ0v) is 16.5. The highest BCUT2D eigenvalue weighted by Crippen LogP contribution is 2.39. The predicted molar refractivity (Wildman–Crippen MR) is 107 cm³/mol. The largest absolute Gasteiger partial charge is 0.390 e. The van der Waals surface area contributed by atoms with Gasteiger partial charge in [-0.25, -0.2) is 14.4 Å². The summed E-state index contributed by atoms with van der Waals surface area (Å²) >= 11 is 3.31. The molecule has 2 aromatic heterocycles. The molecule has 0 saturated heterocycles. The fraction of sp³-hybridized carbons (Fsp3) is 0.400. The highest BCUT2D eigenvalue weighted by Gasteiger charge is 2.20. The standard InChI is InChI=1S/C20H21FN2O2S2/c21-16-7-3-1-5-13(16)9-25-10-14(24)11-26-19-18-15-6-2-4-8-17(15)27-20(18)23-12-22-19/h1,3,5,7,12,14,24H,2,4,6,8-11H2/t14-/m0/s1. The van der Waals surface area contributed by atoms with E-state index in [1.54, 1.807) is 35.9 Å². The van der Waals surface area contributed by atoms with Crippen LogP contribution in [-0.2, 0) is 24.2 Å². The Balaban J connectivity index is 1.36. The third-order valence-corrected chi connectivity index (χ3v) is 6.99. The summed E-state index contributed by atoms with van der Waals surface area (Å²) in [6, 6.07) is 6.52. The van der Waals surface area contributed by atoms with Gasteiger partial charge < -0.3 is 9.84 Å². The minimum absolute atomic E-state index is 0.157. The predicted octanol–water partition coefficient (Wildman–Crippen LogP) is 4.38. The zero-order chi connectivity index (χ0) is 18.6. The summed E-state index contributed by atoms with van der Waals surface area (Å²) in [6.45, 7) is 0.321. The number of thiophene rings is 1. The van der Waals surface area contributed by atoms with Gasteiger partial charge in [0.25, 0.3) is 0 Å². The smallest absolute Gasteiger partial charge is 0.128 e. The molecule has 3 aromatic rings. The Bertz CT molecular complexity index is 931. The monoisotopic (exact) mass is 404 g/mol. The molecule has 0 radical (unpaired) electrons. The number of aliphatic hydroxyl groups is 1. The molecule has 1 aliphatic rings. The molecular formula is C20H21FN2O2S2. The maximum atomic E-state index is 13.6. The zero-order valence-electron chi connectivity index (χ0n) is 14.9. The van der Waals surface area contributed by atoms with Crippen molar-refractivity contribution in [3.05, 3.63) is 52.4 Å². The van der Waals surface area contributed by atoms with Gasteiger partial charge in [-0.1, -0.05) is 18.2 Å². The second-order valence-corrected chi connectivity index (χ2v) is 8.73. The van der Waals surface area contributed by atoms with E-state index in [-0.39, 0.29) is 19.0 Å². The first-order chi connectivity index (χ1) is 13.2. The molecule has 4 nitrogen and oxygen atoms in total. The highest BCUT2D eigenvalue weighted by molar-refractivity contribution is 7.99. The van der Waals surface area contributed by atoms with Gasteiger partial charge in [0.1, 0.15) is 22.0 Å². The average Bonchev–Trinajstić information content (AvgIpc) is 3.07. The Kier molecular flexibility index (Phi) is 6.02.